The maximum atomic E-state index is 12.9. The molecule has 0 saturated carbocycles. The predicted molar refractivity (Wildman–Crippen MR) is 135 cm³/mol. The van der Waals surface area contributed by atoms with Crippen molar-refractivity contribution in [1.82, 2.24) is 0 Å². The molecule has 0 atom stereocenters. The van der Waals surface area contributed by atoms with Crippen LogP contribution in [0, 0.1) is 0 Å². The number of hydrogen-bond donors (Lipinski definition) is 1. The molecule has 0 aromatic heterocycles. The lowest BCUT2D eigenvalue weighted by Gasteiger charge is -2.20. The highest BCUT2D eigenvalue weighted by Crippen LogP contribution is 2.31. The van der Waals surface area contributed by atoms with Crippen LogP contribution in [0.1, 0.15) is 26.3 Å². The molecule has 0 aliphatic heterocycles. The van der Waals surface area contributed by atoms with Gasteiger partial charge >= 0.3 is 0 Å². The van der Waals surface area contributed by atoms with Gasteiger partial charge in [-0.3, -0.25) is 9.10 Å². The molecule has 0 unspecified atom stereocenters. The Labute approximate surface area is 203 Å². The van der Waals surface area contributed by atoms with E-state index in [0.29, 0.717) is 17.1 Å². The van der Waals surface area contributed by atoms with Crippen LogP contribution in [0.5, 0.6) is 5.75 Å². The average molecular weight is 531 g/mol. The molecule has 0 fully saturated rings. The van der Waals surface area contributed by atoms with Crippen LogP contribution in [0.15, 0.2) is 82.2 Å². The topological polar surface area (TPSA) is 75.7 Å². The first-order chi connectivity index (χ1) is 15.5. The number of halogens is 1. The maximum Gasteiger partial charge on any atom is 0.264 e. The minimum absolute atomic E-state index is 0.00791. The Kier molecular flexibility index (Phi) is 7.49. The number of nitrogens with zero attached hydrogens (tertiary/aromatic N) is 1. The highest BCUT2D eigenvalue weighted by atomic mass is 79.9. The Balaban J connectivity index is 1.61. The summed E-state index contributed by atoms with van der Waals surface area (Å²) in [6, 6.07) is 20.7. The van der Waals surface area contributed by atoms with E-state index in [9.17, 15) is 13.2 Å². The lowest BCUT2D eigenvalue weighted by atomic mass is 9.87. The molecule has 3 rings (SSSR count). The van der Waals surface area contributed by atoms with Gasteiger partial charge in [-0.05, 0) is 75.4 Å². The third kappa shape index (κ3) is 6.15. The average Bonchev–Trinajstić information content (AvgIpc) is 2.78. The third-order valence-corrected chi connectivity index (χ3v) is 7.49. The molecule has 3 aromatic carbocycles. The highest BCUT2D eigenvalue weighted by Gasteiger charge is 2.21. The number of anilines is 2. The molecule has 1 amide bonds. The van der Waals surface area contributed by atoms with Gasteiger partial charge in [0.15, 0.2) is 6.61 Å². The lowest BCUT2D eigenvalue weighted by Crippen LogP contribution is -2.26. The van der Waals surface area contributed by atoms with Crippen LogP contribution < -0.4 is 14.4 Å². The number of amides is 1. The zero-order chi connectivity index (χ0) is 24.2. The molecular weight excluding hydrogens is 504 g/mol. The number of benzene rings is 3. The molecule has 0 heterocycles. The fourth-order valence-corrected chi connectivity index (χ4v) is 4.76. The van der Waals surface area contributed by atoms with E-state index in [0.717, 1.165) is 10.0 Å². The van der Waals surface area contributed by atoms with Gasteiger partial charge in [-0.2, -0.15) is 0 Å². The van der Waals surface area contributed by atoms with E-state index in [1.54, 1.807) is 36.4 Å². The molecule has 3 aromatic rings. The predicted octanol–water partition coefficient (Wildman–Crippen LogP) is 5.59. The molecule has 174 valence electrons. The van der Waals surface area contributed by atoms with Crippen molar-refractivity contribution in [2.75, 3.05) is 23.3 Å². The molecule has 6 nitrogen and oxygen atoms in total. The monoisotopic (exact) mass is 530 g/mol. The van der Waals surface area contributed by atoms with Gasteiger partial charge in [0.25, 0.3) is 15.9 Å². The molecule has 0 aliphatic rings. The highest BCUT2D eigenvalue weighted by molar-refractivity contribution is 9.10. The van der Waals surface area contributed by atoms with Crippen molar-refractivity contribution in [2.45, 2.75) is 31.1 Å². The van der Waals surface area contributed by atoms with Gasteiger partial charge in [0.05, 0.1) is 15.1 Å². The first kappa shape index (κ1) is 24.8. The first-order valence-corrected chi connectivity index (χ1v) is 12.6. The van der Waals surface area contributed by atoms with Crippen molar-refractivity contribution in [3.05, 3.63) is 82.8 Å². The Hall–Kier alpha value is -2.84. The van der Waals surface area contributed by atoms with Crippen LogP contribution in [-0.4, -0.2) is 28.0 Å². The number of rotatable bonds is 7. The Morgan fingerprint density at radius 3 is 2.21 bits per heavy atom. The van der Waals surface area contributed by atoms with Gasteiger partial charge in [0.2, 0.25) is 0 Å². The van der Waals surface area contributed by atoms with Crippen LogP contribution in [0.2, 0.25) is 0 Å². The second-order valence-electron chi connectivity index (χ2n) is 8.56. The quantitative estimate of drug-likeness (QED) is 0.432. The van der Waals surface area contributed by atoms with Crippen molar-refractivity contribution < 1.29 is 17.9 Å². The van der Waals surface area contributed by atoms with E-state index in [2.05, 4.69) is 42.0 Å². The Morgan fingerprint density at radius 1 is 1.00 bits per heavy atom. The van der Waals surface area contributed by atoms with Gasteiger partial charge < -0.3 is 10.1 Å². The summed E-state index contributed by atoms with van der Waals surface area (Å²) in [7, 11) is -2.21. The number of carbonyl (C=O) groups is 1. The summed E-state index contributed by atoms with van der Waals surface area (Å²) in [5.41, 5.74) is 2.20. The zero-order valence-corrected chi connectivity index (χ0v) is 21.4. The molecule has 0 radical (unpaired) electrons. The normalized spacial score (nSPS) is 11.7. The molecule has 0 spiro atoms. The Morgan fingerprint density at radius 2 is 1.64 bits per heavy atom. The number of para-hydroxylation sites is 1. The molecule has 0 bridgehead atoms. The minimum Gasteiger partial charge on any atom is -0.483 e. The first-order valence-electron chi connectivity index (χ1n) is 10.4. The zero-order valence-electron chi connectivity index (χ0n) is 19.0. The number of ether oxygens (including phenoxy) is 1. The Bertz CT molecular complexity index is 1220. The summed E-state index contributed by atoms with van der Waals surface area (Å²) in [4.78, 5) is 12.5. The molecular formula is C25H27BrN2O4S. The molecule has 0 saturated heterocycles. The molecule has 33 heavy (non-hydrogen) atoms. The summed E-state index contributed by atoms with van der Waals surface area (Å²) in [5.74, 6) is 0.224. The van der Waals surface area contributed by atoms with Crippen molar-refractivity contribution in [3.63, 3.8) is 0 Å². The smallest absolute Gasteiger partial charge is 0.264 e. The number of sulfonamides is 1. The van der Waals surface area contributed by atoms with Gasteiger partial charge in [-0.15, -0.1) is 0 Å². The maximum absolute atomic E-state index is 12.9. The van der Waals surface area contributed by atoms with Crippen molar-refractivity contribution in [3.8, 4) is 5.75 Å². The summed E-state index contributed by atoms with van der Waals surface area (Å²) in [6.07, 6.45) is 0. The van der Waals surface area contributed by atoms with E-state index in [-0.39, 0.29) is 22.8 Å². The van der Waals surface area contributed by atoms with Gasteiger partial charge in [0, 0.05) is 12.7 Å². The second-order valence-corrected chi connectivity index (χ2v) is 11.4. The largest absolute Gasteiger partial charge is 0.483 e. The summed E-state index contributed by atoms with van der Waals surface area (Å²) >= 11 is 3.49. The van der Waals surface area contributed by atoms with Crippen molar-refractivity contribution in [2.24, 2.45) is 0 Å². The lowest BCUT2D eigenvalue weighted by molar-refractivity contribution is -0.118. The van der Waals surface area contributed by atoms with E-state index >= 15 is 0 Å². The van der Waals surface area contributed by atoms with Gasteiger partial charge in [-0.1, -0.05) is 45.0 Å². The number of carbonyl (C=O) groups excluding carboxylic acids is 1. The van der Waals surface area contributed by atoms with Gasteiger partial charge in [-0.25, -0.2) is 8.42 Å². The van der Waals surface area contributed by atoms with E-state index in [4.69, 9.17) is 4.74 Å². The second kappa shape index (κ2) is 9.97. The van der Waals surface area contributed by atoms with E-state index < -0.39 is 10.0 Å². The van der Waals surface area contributed by atoms with Crippen LogP contribution in [-0.2, 0) is 20.2 Å². The third-order valence-electron chi connectivity index (χ3n) is 5.07. The van der Waals surface area contributed by atoms with Crippen molar-refractivity contribution in [1.29, 1.82) is 0 Å². The fraction of sp³-hybridized carbons (Fsp3) is 0.240. The molecule has 1 N–H and O–H groups in total. The molecule has 0 aliphatic carbocycles. The van der Waals surface area contributed by atoms with Crippen LogP contribution in [0.4, 0.5) is 11.4 Å². The standard InChI is InChI=1S/C25H27BrN2O4S/c1-25(2,3)18-10-15-23(22(26)16-18)32-17-24(29)27-19-11-13-21(14-12-19)33(30,31)28(4)20-8-6-5-7-9-20/h5-16H,17H2,1-4H3,(H,27,29). The minimum atomic E-state index is -3.71. The van der Waals surface area contributed by atoms with Crippen LogP contribution in [0.3, 0.4) is 0 Å². The van der Waals surface area contributed by atoms with Crippen LogP contribution >= 0.6 is 15.9 Å². The molecule has 8 heteroatoms. The van der Waals surface area contributed by atoms with Crippen molar-refractivity contribution >= 4 is 43.2 Å². The fourth-order valence-electron chi connectivity index (χ4n) is 3.07. The SMILES string of the molecule is CN(c1ccccc1)S(=O)(=O)c1ccc(NC(=O)COc2ccc(C(C)(C)C)cc2Br)cc1. The van der Waals surface area contributed by atoms with E-state index in [1.807, 2.05) is 24.3 Å². The summed E-state index contributed by atoms with van der Waals surface area (Å²) < 4.78 is 33.3. The summed E-state index contributed by atoms with van der Waals surface area (Å²) in [6.45, 7) is 6.20. The van der Waals surface area contributed by atoms with E-state index in [1.165, 1.54) is 23.5 Å². The van der Waals surface area contributed by atoms with Gasteiger partial charge in [0.1, 0.15) is 5.75 Å². The van der Waals surface area contributed by atoms with Crippen LogP contribution in [0.25, 0.3) is 0 Å². The summed E-state index contributed by atoms with van der Waals surface area (Å²) in [5, 5.41) is 2.72. The number of hydrogen-bond acceptors (Lipinski definition) is 4. The number of nitrogens with one attached hydrogen (secondary N) is 1.